The Kier molecular flexibility index (Phi) is 4.47. The number of fused-ring (bicyclic) bond motifs is 1. The van der Waals surface area contributed by atoms with Crippen LogP contribution in [0.3, 0.4) is 0 Å². The standard InChI is InChI=1S/C20H20N2O2/c1-13-5-4-10-21-19(13)22-20(23)14(2)15-6-7-17-12-18(24-3)9-8-16(17)11-15/h4-12,14H,1-3H3,(H,21,22,23)/t14-/m0/s1. The molecule has 0 aliphatic rings. The lowest BCUT2D eigenvalue weighted by molar-refractivity contribution is -0.117. The van der Waals surface area contributed by atoms with Crippen LogP contribution in [0, 0.1) is 6.92 Å². The molecule has 3 aromatic rings. The Labute approximate surface area is 141 Å². The SMILES string of the molecule is COc1ccc2cc([C@H](C)C(=O)Nc3ncccc3C)ccc2c1. The average Bonchev–Trinajstić information content (AvgIpc) is 2.62. The third-order valence-electron chi connectivity index (χ3n) is 4.22. The summed E-state index contributed by atoms with van der Waals surface area (Å²) >= 11 is 0. The summed E-state index contributed by atoms with van der Waals surface area (Å²) in [6.07, 6.45) is 1.68. The normalized spacial score (nSPS) is 12.0. The van der Waals surface area contributed by atoms with E-state index < -0.39 is 0 Å². The Balaban J connectivity index is 1.83. The smallest absolute Gasteiger partial charge is 0.232 e. The van der Waals surface area contributed by atoms with Crippen LogP contribution in [0.2, 0.25) is 0 Å². The number of hydrogen-bond acceptors (Lipinski definition) is 3. The molecule has 0 saturated carbocycles. The number of hydrogen-bond donors (Lipinski definition) is 1. The predicted octanol–water partition coefficient (Wildman–Crippen LogP) is 4.29. The topological polar surface area (TPSA) is 51.2 Å². The second-order valence-corrected chi connectivity index (χ2v) is 5.85. The minimum absolute atomic E-state index is 0.0651. The largest absolute Gasteiger partial charge is 0.497 e. The highest BCUT2D eigenvalue weighted by Gasteiger charge is 2.17. The second kappa shape index (κ2) is 6.71. The average molecular weight is 320 g/mol. The predicted molar refractivity (Wildman–Crippen MR) is 96.5 cm³/mol. The van der Waals surface area contributed by atoms with Crippen LogP contribution in [-0.2, 0) is 4.79 Å². The van der Waals surface area contributed by atoms with Gasteiger partial charge < -0.3 is 10.1 Å². The number of aryl methyl sites for hydroxylation is 1. The van der Waals surface area contributed by atoms with Crippen LogP contribution >= 0.6 is 0 Å². The third kappa shape index (κ3) is 3.23. The molecular formula is C20H20N2O2. The molecular weight excluding hydrogens is 300 g/mol. The first-order valence-corrected chi connectivity index (χ1v) is 7.88. The molecule has 0 saturated heterocycles. The summed E-state index contributed by atoms with van der Waals surface area (Å²) < 4.78 is 5.24. The van der Waals surface area contributed by atoms with Gasteiger partial charge in [-0.1, -0.05) is 30.3 Å². The molecule has 0 fully saturated rings. The zero-order chi connectivity index (χ0) is 17.1. The Morgan fingerprint density at radius 3 is 2.62 bits per heavy atom. The number of carbonyl (C=O) groups is 1. The molecule has 122 valence electrons. The minimum atomic E-state index is -0.266. The summed E-state index contributed by atoms with van der Waals surface area (Å²) in [5.41, 5.74) is 1.92. The lowest BCUT2D eigenvalue weighted by Gasteiger charge is -2.14. The monoisotopic (exact) mass is 320 g/mol. The molecule has 4 nitrogen and oxygen atoms in total. The maximum atomic E-state index is 12.5. The first-order valence-electron chi connectivity index (χ1n) is 7.88. The van der Waals surface area contributed by atoms with E-state index in [1.165, 1.54) is 0 Å². The number of ether oxygens (including phenoxy) is 1. The summed E-state index contributed by atoms with van der Waals surface area (Å²) in [5, 5.41) is 5.08. The maximum absolute atomic E-state index is 12.5. The van der Waals surface area contributed by atoms with Gasteiger partial charge in [0.2, 0.25) is 5.91 Å². The molecule has 0 radical (unpaired) electrons. The number of carbonyl (C=O) groups excluding carboxylic acids is 1. The minimum Gasteiger partial charge on any atom is -0.497 e. The fourth-order valence-electron chi connectivity index (χ4n) is 2.63. The second-order valence-electron chi connectivity index (χ2n) is 5.85. The zero-order valence-electron chi connectivity index (χ0n) is 14.0. The van der Waals surface area contributed by atoms with E-state index in [9.17, 15) is 4.79 Å². The van der Waals surface area contributed by atoms with Gasteiger partial charge in [-0.2, -0.15) is 0 Å². The van der Waals surface area contributed by atoms with Crippen LogP contribution in [0.25, 0.3) is 10.8 Å². The van der Waals surface area contributed by atoms with E-state index in [1.54, 1.807) is 13.3 Å². The Morgan fingerprint density at radius 2 is 1.88 bits per heavy atom. The van der Waals surface area contributed by atoms with Crippen molar-refractivity contribution in [3.63, 3.8) is 0 Å². The van der Waals surface area contributed by atoms with Gasteiger partial charge in [0, 0.05) is 6.20 Å². The summed E-state index contributed by atoms with van der Waals surface area (Å²) in [6.45, 7) is 3.83. The van der Waals surface area contributed by atoms with Gasteiger partial charge in [-0.25, -0.2) is 4.98 Å². The first kappa shape index (κ1) is 16.0. The molecule has 1 atom stereocenters. The third-order valence-corrected chi connectivity index (χ3v) is 4.22. The first-order chi connectivity index (χ1) is 11.6. The fraction of sp³-hybridized carbons (Fsp3) is 0.200. The fourth-order valence-corrected chi connectivity index (χ4v) is 2.63. The van der Waals surface area contributed by atoms with Crippen molar-refractivity contribution in [2.75, 3.05) is 12.4 Å². The van der Waals surface area contributed by atoms with Gasteiger partial charge in [0.05, 0.1) is 13.0 Å². The number of pyridine rings is 1. The van der Waals surface area contributed by atoms with Crippen molar-refractivity contribution in [3.8, 4) is 5.75 Å². The molecule has 1 amide bonds. The highest BCUT2D eigenvalue weighted by atomic mass is 16.5. The summed E-state index contributed by atoms with van der Waals surface area (Å²) in [7, 11) is 1.65. The van der Waals surface area contributed by atoms with Crippen LogP contribution in [0.1, 0.15) is 24.0 Å². The molecule has 0 bridgehead atoms. The van der Waals surface area contributed by atoms with E-state index in [4.69, 9.17) is 4.74 Å². The zero-order valence-corrected chi connectivity index (χ0v) is 14.0. The van der Waals surface area contributed by atoms with Crippen molar-refractivity contribution in [2.24, 2.45) is 0 Å². The number of amides is 1. The molecule has 4 heteroatoms. The number of benzene rings is 2. The molecule has 0 aliphatic heterocycles. The van der Waals surface area contributed by atoms with Crippen LogP contribution in [0.15, 0.2) is 54.7 Å². The number of aromatic nitrogens is 1. The Morgan fingerprint density at radius 1 is 1.12 bits per heavy atom. The van der Waals surface area contributed by atoms with E-state index in [0.29, 0.717) is 5.82 Å². The van der Waals surface area contributed by atoms with Crippen molar-refractivity contribution in [3.05, 3.63) is 65.9 Å². The van der Waals surface area contributed by atoms with E-state index in [0.717, 1.165) is 27.6 Å². The number of rotatable bonds is 4. The molecule has 0 aliphatic carbocycles. The Hall–Kier alpha value is -2.88. The van der Waals surface area contributed by atoms with Gasteiger partial charge in [-0.3, -0.25) is 4.79 Å². The quantitative estimate of drug-likeness (QED) is 0.780. The molecule has 1 N–H and O–H groups in total. The van der Waals surface area contributed by atoms with E-state index >= 15 is 0 Å². The van der Waals surface area contributed by atoms with Crippen molar-refractivity contribution in [2.45, 2.75) is 19.8 Å². The van der Waals surface area contributed by atoms with Crippen molar-refractivity contribution in [1.29, 1.82) is 0 Å². The molecule has 24 heavy (non-hydrogen) atoms. The van der Waals surface area contributed by atoms with E-state index in [1.807, 2.05) is 62.4 Å². The number of anilines is 1. The molecule has 1 heterocycles. The van der Waals surface area contributed by atoms with Crippen molar-refractivity contribution in [1.82, 2.24) is 4.98 Å². The highest BCUT2D eigenvalue weighted by Crippen LogP contribution is 2.26. The van der Waals surface area contributed by atoms with Gasteiger partial charge >= 0.3 is 0 Å². The highest BCUT2D eigenvalue weighted by molar-refractivity contribution is 5.96. The number of nitrogens with zero attached hydrogens (tertiary/aromatic N) is 1. The van der Waals surface area contributed by atoms with Crippen LogP contribution in [0.5, 0.6) is 5.75 Å². The Bertz CT molecular complexity index is 890. The molecule has 2 aromatic carbocycles. The summed E-state index contributed by atoms with van der Waals surface area (Å²) in [4.78, 5) is 16.7. The van der Waals surface area contributed by atoms with E-state index in [-0.39, 0.29) is 11.8 Å². The molecule has 1 aromatic heterocycles. The van der Waals surface area contributed by atoms with Gasteiger partial charge in [0.1, 0.15) is 11.6 Å². The van der Waals surface area contributed by atoms with Crippen molar-refractivity contribution < 1.29 is 9.53 Å². The lowest BCUT2D eigenvalue weighted by atomic mass is 9.97. The maximum Gasteiger partial charge on any atom is 0.232 e. The van der Waals surface area contributed by atoms with Crippen LogP contribution in [0.4, 0.5) is 5.82 Å². The van der Waals surface area contributed by atoms with Gasteiger partial charge in [-0.05, 0) is 53.9 Å². The number of nitrogens with one attached hydrogen (secondary N) is 1. The van der Waals surface area contributed by atoms with Crippen LogP contribution < -0.4 is 10.1 Å². The van der Waals surface area contributed by atoms with Gasteiger partial charge in [0.15, 0.2) is 0 Å². The number of methoxy groups -OCH3 is 1. The van der Waals surface area contributed by atoms with Crippen LogP contribution in [-0.4, -0.2) is 18.0 Å². The van der Waals surface area contributed by atoms with Gasteiger partial charge in [0.25, 0.3) is 0 Å². The lowest BCUT2D eigenvalue weighted by Crippen LogP contribution is -2.20. The summed E-state index contributed by atoms with van der Waals surface area (Å²) in [5.74, 6) is 1.11. The summed E-state index contributed by atoms with van der Waals surface area (Å²) in [6, 6.07) is 15.7. The van der Waals surface area contributed by atoms with E-state index in [2.05, 4.69) is 10.3 Å². The molecule has 3 rings (SSSR count). The van der Waals surface area contributed by atoms with Gasteiger partial charge in [-0.15, -0.1) is 0 Å². The molecule has 0 unspecified atom stereocenters. The molecule has 0 spiro atoms. The van der Waals surface area contributed by atoms with Crippen molar-refractivity contribution >= 4 is 22.5 Å².